The average molecular weight is 536 g/mol. The molecular weight excluding hydrogens is 509 g/mol. The molecule has 2 N–H and O–H groups in total. The minimum Gasteiger partial charge on any atom is -0.382 e. The lowest BCUT2D eigenvalue weighted by molar-refractivity contribution is -0.124. The van der Waals surface area contributed by atoms with Crippen LogP contribution >= 0.6 is 34.2 Å². The lowest BCUT2D eigenvalue weighted by Gasteiger charge is -2.39. The molecule has 158 valence electrons. The van der Waals surface area contributed by atoms with Gasteiger partial charge in [0, 0.05) is 30.1 Å². The quantitative estimate of drug-likeness (QED) is 0.336. The number of morpholine rings is 1. The summed E-state index contributed by atoms with van der Waals surface area (Å²) in [5.74, 6) is 0. The molecule has 1 saturated heterocycles. The van der Waals surface area contributed by atoms with Crippen molar-refractivity contribution in [2.45, 2.75) is 18.1 Å². The first-order valence-electron chi connectivity index (χ1n) is 9.99. The molecule has 0 aliphatic carbocycles. The number of ether oxygens (including phenoxy) is 1. The average Bonchev–Trinajstić information content (AvgIpc) is 2.82. The first-order valence-corrected chi connectivity index (χ1v) is 12.5. The fourth-order valence-corrected chi connectivity index (χ4v) is 4.15. The molecule has 0 bridgehead atoms. The van der Waals surface area contributed by atoms with Crippen molar-refractivity contribution in [2.24, 2.45) is 0 Å². The number of hydrogen-bond acceptors (Lipinski definition) is 3. The van der Waals surface area contributed by atoms with Gasteiger partial charge in [0.25, 0.3) is 0 Å². The fraction of sp³-hybridized carbons (Fsp3) is 0.280. The molecule has 0 saturated carbocycles. The standard InChI is InChI=1S/C24H24ClNO2.CH3I/c25-22-13-7-6-12-21(22)20-11-5-4-8-18(20)16-24(27,19-9-2-1-3-10-19)23-17-26-14-15-28-23;1-2/h1-13,23,26-27H,14-17H2;1H3/t23-,24-;/m1./s1. The van der Waals surface area contributed by atoms with Crippen molar-refractivity contribution in [1.29, 1.82) is 0 Å². The van der Waals surface area contributed by atoms with E-state index >= 15 is 0 Å². The third-order valence-corrected chi connectivity index (χ3v) is 5.70. The summed E-state index contributed by atoms with van der Waals surface area (Å²) < 4.78 is 6.00. The molecule has 1 heterocycles. The summed E-state index contributed by atoms with van der Waals surface area (Å²) in [4.78, 5) is 1.97. The molecule has 0 radical (unpaired) electrons. The molecule has 0 spiro atoms. The van der Waals surface area contributed by atoms with Crippen molar-refractivity contribution in [3.05, 3.63) is 95.0 Å². The highest BCUT2D eigenvalue weighted by molar-refractivity contribution is 14.1. The first-order chi connectivity index (χ1) is 14.7. The zero-order chi connectivity index (χ0) is 21.4. The number of benzene rings is 3. The van der Waals surface area contributed by atoms with E-state index in [-0.39, 0.29) is 6.10 Å². The third kappa shape index (κ3) is 5.24. The van der Waals surface area contributed by atoms with Gasteiger partial charge in [-0.05, 0) is 27.7 Å². The van der Waals surface area contributed by atoms with Gasteiger partial charge in [-0.1, -0.05) is 107 Å². The molecule has 4 rings (SSSR count). The molecule has 0 amide bonds. The minimum atomic E-state index is -1.15. The molecule has 5 heteroatoms. The van der Waals surface area contributed by atoms with Crippen LogP contribution in [0.3, 0.4) is 0 Å². The van der Waals surface area contributed by atoms with Crippen molar-refractivity contribution in [1.82, 2.24) is 5.32 Å². The largest absolute Gasteiger partial charge is 0.382 e. The predicted octanol–water partition coefficient (Wildman–Crippen LogP) is 5.48. The SMILES string of the molecule is CI.O[C@](Cc1ccccc1-c1ccccc1Cl)(c1ccccc1)[C@H]1CNCCO1. The molecule has 30 heavy (non-hydrogen) atoms. The molecule has 0 unspecified atom stereocenters. The van der Waals surface area contributed by atoms with Gasteiger partial charge in [0.05, 0.1) is 6.61 Å². The van der Waals surface area contributed by atoms with E-state index in [0.717, 1.165) is 28.8 Å². The molecule has 3 aromatic rings. The topological polar surface area (TPSA) is 41.5 Å². The highest BCUT2D eigenvalue weighted by Crippen LogP contribution is 2.37. The van der Waals surface area contributed by atoms with Crippen LogP contribution in [0.2, 0.25) is 5.02 Å². The number of nitrogens with one attached hydrogen (secondary N) is 1. The van der Waals surface area contributed by atoms with Gasteiger partial charge in [-0.3, -0.25) is 0 Å². The summed E-state index contributed by atoms with van der Waals surface area (Å²) in [5, 5.41) is 16.0. The Bertz CT molecular complexity index is 931. The second kappa shape index (κ2) is 11.3. The Balaban J connectivity index is 0.00000124. The maximum Gasteiger partial charge on any atom is 0.121 e. The van der Waals surface area contributed by atoms with E-state index in [1.165, 1.54) is 0 Å². The van der Waals surface area contributed by atoms with Crippen LogP contribution < -0.4 is 5.32 Å². The second-order valence-electron chi connectivity index (χ2n) is 7.17. The summed E-state index contributed by atoms with van der Waals surface area (Å²) in [6.07, 6.45) is 0.105. The van der Waals surface area contributed by atoms with Gasteiger partial charge in [0.15, 0.2) is 0 Å². The van der Waals surface area contributed by atoms with Crippen LogP contribution in [0.4, 0.5) is 0 Å². The lowest BCUT2D eigenvalue weighted by atomic mass is 9.80. The van der Waals surface area contributed by atoms with Crippen LogP contribution in [-0.2, 0) is 16.8 Å². The maximum atomic E-state index is 11.9. The van der Waals surface area contributed by atoms with E-state index in [9.17, 15) is 5.11 Å². The second-order valence-corrected chi connectivity index (χ2v) is 7.57. The Morgan fingerprint density at radius 2 is 1.60 bits per heavy atom. The number of alkyl halides is 1. The van der Waals surface area contributed by atoms with Gasteiger partial charge in [-0.25, -0.2) is 0 Å². The summed E-state index contributed by atoms with van der Waals surface area (Å²) in [6, 6.07) is 25.7. The molecule has 3 aromatic carbocycles. The zero-order valence-electron chi connectivity index (χ0n) is 17.0. The van der Waals surface area contributed by atoms with Crippen LogP contribution in [0.25, 0.3) is 11.1 Å². The Morgan fingerprint density at radius 1 is 0.967 bits per heavy atom. The van der Waals surface area contributed by atoms with Crippen LogP contribution in [0.1, 0.15) is 11.1 Å². The third-order valence-electron chi connectivity index (χ3n) is 5.38. The van der Waals surface area contributed by atoms with E-state index in [2.05, 4.69) is 40.0 Å². The maximum absolute atomic E-state index is 11.9. The highest BCUT2D eigenvalue weighted by Gasteiger charge is 2.40. The van der Waals surface area contributed by atoms with Crippen molar-refractivity contribution in [3.63, 3.8) is 0 Å². The Labute approximate surface area is 197 Å². The number of hydrogen-bond donors (Lipinski definition) is 2. The molecule has 1 fully saturated rings. The van der Waals surface area contributed by atoms with Crippen LogP contribution in [0.5, 0.6) is 0 Å². The van der Waals surface area contributed by atoms with Crippen molar-refractivity contribution < 1.29 is 9.84 Å². The van der Waals surface area contributed by atoms with Crippen LogP contribution in [-0.4, -0.2) is 35.8 Å². The van der Waals surface area contributed by atoms with Gasteiger partial charge in [-0.2, -0.15) is 0 Å². The summed E-state index contributed by atoms with van der Waals surface area (Å²) in [7, 11) is 0. The molecule has 1 aliphatic heterocycles. The Hall–Kier alpha value is -1.44. The van der Waals surface area contributed by atoms with Gasteiger partial charge >= 0.3 is 0 Å². The van der Waals surface area contributed by atoms with Crippen molar-refractivity contribution in [2.75, 3.05) is 24.6 Å². The van der Waals surface area contributed by atoms with E-state index in [0.29, 0.717) is 24.6 Å². The normalized spacial score (nSPS) is 18.1. The number of halogens is 2. The fourth-order valence-electron chi connectivity index (χ4n) is 3.91. The molecule has 3 nitrogen and oxygen atoms in total. The van der Waals surface area contributed by atoms with Crippen molar-refractivity contribution in [3.8, 4) is 11.1 Å². The van der Waals surface area contributed by atoms with Gasteiger partial charge < -0.3 is 15.2 Å². The van der Waals surface area contributed by atoms with E-state index in [4.69, 9.17) is 16.3 Å². The summed E-state index contributed by atoms with van der Waals surface area (Å²) in [5.41, 5.74) is 2.75. The van der Waals surface area contributed by atoms with Crippen LogP contribution in [0.15, 0.2) is 78.9 Å². The predicted molar refractivity (Wildman–Crippen MR) is 133 cm³/mol. The first kappa shape index (κ1) is 23.2. The number of rotatable bonds is 5. The monoisotopic (exact) mass is 535 g/mol. The van der Waals surface area contributed by atoms with Crippen LogP contribution in [0, 0.1) is 0 Å². The molecule has 1 aliphatic rings. The van der Waals surface area contributed by atoms with Gasteiger partial charge in [0.1, 0.15) is 11.7 Å². The van der Waals surface area contributed by atoms with Gasteiger partial charge in [0.2, 0.25) is 0 Å². The Morgan fingerprint density at radius 3 is 2.27 bits per heavy atom. The molecule has 2 atom stereocenters. The highest BCUT2D eigenvalue weighted by atomic mass is 127. The Kier molecular flexibility index (Phi) is 8.72. The van der Waals surface area contributed by atoms with E-state index < -0.39 is 5.60 Å². The van der Waals surface area contributed by atoms with E-state index in [1.807, 2.05) is 71.7 Å². The van der Waals surface area contributed by atoms with Gasteiger partial charge in [-0.15, -0.1) is 0 Å². The minimum absolute atomic E-state index is 0.331. The van der Waals surface area contributed by atoms with Crippen molar-refractivity contribution >= 4 is 34.2 Å². The molecule has 0 aromatic heterocycles. The smallest absolute Gasteiger partial charge is 0.121 e. The number of aliphatic hydroxyl groups is 1. The van der Waals surface area contributed by atoms with E-state index in [1.54, 1.807) is 0 Å². The lowest BCUT2D eigenvalue weighted by Crippen LogP contribution is -2.52. The summed E-state index contributed by atoms with van der Waals surface area (Å²) >= 11 is 8.62. The zero-order valence-corrected chi connectivity index (χ0v) is 19.9. The summed E-state index contributed by atoms with van der Waals surface area (Å²) in [6.45, 7) is 2.00. The molecular formula is C25H27ClINO2.